The second-order valence-corrected chi connectivity index (χ2v) is 6.47. The van der Waals surface area contributed by atoms with E-state index >= 15 is 0 Å². The molecule has 1 fully saturated rings. The average Bonchev–Trinajstić information content (AvgIpc) is 2.61. The maximum absolute atomic E-state index is 13.1. The normalized spacial score (nSPS) is 18.3. The predicted octanol–water partition coefficient (Wildman–Crippen LogP) is 1.99. The second-order valence-electron chi connectivity index (χ2n) is 6.47. The Hall–Kier alpha value is -2.64. The predicted molar refractivity (Wildman–Crippen MR) is 93.0 cm³/mol. The van der Waals surface area contributed by atoms with Crippen LogP contribution >= 0.6 is 0 Å². The summed E-state index contributed by atoms with van der Waals surface area (Å²) in [6.07, 6.45) is 1.11. The highest BCUT2D eigenvalue weighted by Crippen LogP contribution is 2.25. The van der Waals surface area contributed by atoms with Crippen molar-refractivity contribution in [3.63, 3.8) is 0 Å². The molecule has 7 nitrogen and oxygen atoms in total. The number of hydrogen-bond acceptors (Lipinski definition) is 3. The van der Waals surface area contributed by atoms with Crippen LogP contribution in [0, 0.1) is 5.82 Å². The van der Waals surface area contributed by atoms with E-state index in [2.05, 4.69) is 5.32 Å². The standard InChI is InChI=1S/C18H24FN3O4/c1-12(13-5-7-14(19)8-6-13)22-10-3-4-15(17(22)25)20-18(26)21(2)11-9-16(23)24/h5-8,12,15H,3-4,9-11H2,1-2H3,(H,20,26)(H,23,24). The molecule has 2 N–H and O–H groups in total. The molecule has 1 aliphatic heterocycles. The Balaban J connectivity index is 1.99. The van der Waals surface area contributed by atoms with Crippen LogP contribution in [0.25, 0.3) is 0 Å². The van der Waals surface area contributed by atoms with E-state index in [1.165, 1.54) is 24.1 Å². The van der Waals surface area contributed by atoms with Gasteiger partial charge in [0.15, 0.2) is 0 Å². The van der Waals surface area contributed by atoms with Gasteiger partial charge in [0.2, 0.25) is 5.91 Å². The molecule has 2 unspecified atom stereocenters. The number of rotatable bonds is 6. The molecule has 0 aromatic heterocycles. The van der Waals surface area contributed by atoms with E-state index < -0.39 is 18.0 Å². The third-order valence-corrected chi connectivity index (χ3v) is 4.60. The fourth-order valence-corrected chi connectivity index (χ4v) is 2.96. The molecular formula is C18H24FN3O4. The summed E-state index contributed by atoms with van der Waals surface area (Å²) in [4.78, 5) is 38.5. The van der Waals surface area contributed by atoms with Crippen molar-refractivity contribution in [2.45, 2.75) is 38.3 Å². The monoisotopic (exact) mass is 365 g/mol. The van der Waals surface area contributed by atoms with Crippen molar-refractivity contribution in [3.05, 3.63) is 35.6 Å². The van der Waals surface area contributed by atoms with Crippen LogP contribution in [0.15, 0.2) is 24.3 Å². The number of carbonyl (C=O) groups excluding carboxylic acids is 2. The van der Waals surface area contributed by atoms with E-state index in [1.807, 2.05) is 6.92 Å². The van der Waals surface area contributed by atoms with Gasteiger partial charge < -0.3 is 20.2 Å². The van der Waals surface area contributed by atoms with Crippen LogP contribution in [-0.4, -0.2) is 59.0 Å². The SMILES string of the molecule is CC(c1ccc(F)cc1)N1CCCC(NC(=O)N(C)CCC(=O)O)C1=O. The van der Waals surface area contributed by atoms with Crippen molar-refractivity contribution >= 4 is 17.9 Å². The summed E-state index contributed by atoms with van der Waals surface area (Å²) in [5.74, 6) is -1.51. The number of nitrogens with zero attached hydrogens (tertiary/aromatic N) is 2. The number of aliphatic carboxylic acids is 1. The molecule has 142 valence electrons. The van der Waals surface area contributed by atoms with Crippen molar-refractivity contribution in [3.8, 4) is 0 Å². The molecule has 1 heterocycles. The number of amides is 3. The molecule has 0 aliphatic carbocycles. The number of carboxylic acids is 1. The number of benzene rings is 1. The first-order valence-corrected chi connectivity index (χ1v) is 8.59. The van der Waals surface area contributed by atoms with Crippen molar-refractivity contribution in [1.82, 2.24) is 15.1 Å². The number of carbonyl (C=O) groups is 3. The first-order chi connectivity index (χ1) is 12.3. The van der Waals surface area contributed by atoms with Crippen LogP contribution < -0.4 is 5.32 Å². The lowest BCUT2D eigenvalue weighted by Crippen LogP contribution is -2.55. The van der Waals surface area contributed by atoms with E-state index in [0.717, 1.165) is 12.0 Å². The van der Waals surface area contributed by atoms with Crippen LogP contribution in [0.5, 0.6) is 0 Å². The Morgan fingerprint density at radius 1 is 1.38 bits per heavy atom. The zero-order valence-electron chi connectivity index (χ0n) is 14.9. The van der Waals surface area contributed by atoms with E-state index in [4.69, 9.17) is 5.11 Å². The highest BCUT2D eigenvalue weighted by atomic mass is 19.1. The summed E-state index contributed by atoms with van der Waals surface area (Å²) in [7, 11) is 1.49. The first kappa shape index (κ1) is 19.7. The van der Waals surface area contributed by atoms with Gasteiger partial charge in [-0.25, -0.2) is 9.18 Å². The third kappa shape index (κ3) is 4.93. The highest BCUT2D eigenvalue weighted by Gasteiger charge is 2.33. The van der Waals surface area contributed by atoms with Gasteiger partial charge in [0.25, 0.3) is 0 Å². The number of halogens is 1. The minimum atomic E-state index is -0.988. The first-order valence-electron chi connectivity index (χ1n) is 8.59. The molecule has 3 amide bonds. The Labute approximate surface area is 151 Å². The van der Waals surface area contributed by atoms with Gasteiger partial charge in [-0.2, -0.15) is 0 Å². The summed E-state index contributed by atoms with van der Waals surface area (Å²) in [5.41, 5.74) is 0.824. The average molecular weight is 365 g/mol. The lowest BCUT2D eigenvalue weighted by atomic mass is 9.99. The van der Waals surface area contributed by atoms with Crippen LogP contribution in [0.1, 0.15) is 37.8 Å². The molecule has 2 rings (SSSR count). The zero-order valence-corrected chi connectivity index (χ0v) is 14.9. The van der Waals surface area contributed by atoms with Crippen LogP contribution in [-0.2, 0) is 9.59 Å². The maximum atomic E-state index is 13.1. The van der Waals surface area contributed by atoms with Crippen LogP contribution in [0.2, 0.25) is 0 Å². The number of urea groups is 1. The van der Waals surface area contributed by atoms with Crippen LogP contribution in [0.3, 0.4) is 0 Å². The van der Waals surface area contributed by atoms with Gasteiger partial charge in [-0.15, -0.1) is 0 Å². The van der Waals surface area contributed by atoms with E-state index in [-0.39, 0.29) is 30.7 Å². The van der Waals surface area contributed by atoms with Crippen molar-refractivity contribution in [2.75, 3.05) is 20.1 Å². The molecule has 2 atom stereocenters. The molecule has 26 heavy (non-hydrogen) atoms. The van der Waals surface area contributed by atoms with E-state index in [1.54, 1.807) is 17.0 Å². The fourth-order valence-electron chi connectivity index (χ4n) is 2.96. The van der Waals surface area contributed by atoms with Gasteiger partial charge in [0.1, 0.15) is 11.9 Å². The second kappa shape index (κ2) is 8.64. The van der Waals surface area contributed by atoms with Gasteiger partial charge in [-0.05, 0) is 37.5 Å². The molecule has 0 spiro atoms. The maximum Gasteiger partial charge on any atom is 0.317 e. The smallest absolute Gasteiger partial charge is 0.317 e. The van der Waals surface area contributed by atoms with Gasteiger partial charge in [0, 0.05) is 20.1 Å². The number of hydrogen-bond donors (Lipinski definition) is 2. The molecule has 1 aromatic rings. The Bertz CT molecular complexity index is 665. The van der Waals surface area contributed by atoms with E-state index in [0.29, 0.717) is 13.0 Å². The van der Waals surface area contributed by atoms with Gasteiger partial charge >= 0.3 is 12.0 Å². The lowest BCUT2D eigenvalue weighted by molar-refractivity contribution is -0.138. The van der Waals surface area contributed by atoms with Gasteiger partial charge in [-0.1, -0.05) is 12.1 Å². The Morgan fingerprint density at radius 3 is 2.65 bits per heavy atom. The van der Waals surface area contributed by atoms with Gasteiger partial charge in [-0.3, -0.25) is 9.59 Å². The quantitative estimate of drug-likeness (QED) is 0.807. The van der Waals surface area contributed by atoms with Crippen molar-refractivity contribution in [2.24, 2.45) is 0 Å². The Morgan fingerprint density at radius 2 is 2.04 bits per heavy atom. The summed E-state index contributed by atoms with van der Waals surface area (Å²) < 4.78 is 13.1. The largest absolute Gasteiger partial charge is 0.481 e. The molecule has 0 radical (unpaired) electrons. The minimum Gasteiger partial charge on any atom is -0.481 e. The fraction of sp³-hybridized carbons (Fsp3) is 0.500. The molecule has 1 saturated heterocycles. The summed E-state index contributed by atoms with van der Waals surface area (Å²) in [5, 5.41) is 11.4. The molecule has 0 saturated carbocycles. The van der Waals surface area contributed by atoms with Crippen molar-refractivity contribution < 1.29 is 23.9 Å². The molecule has 8 heteroatoms. The zero-order chi connectivity index (χ0) is 19.3. The summed E-state index contributed by atoms with van der Waals surface area (Å²) in [6, 6.07) is 4.66. The Kier molecular flexibility index (Phi) is 6.54. The lowest BCUT2D eigenvalue weighted by Gasteiger charge is -2.37. The number of piperidine rings is 1. The minimum absolute atomic E-state index is 0.0672. The molecule has 1 aliphatic rings. The number of carboxylic acid groups (broad SMARTS) is 1. The summed E-state index contributed by atoms with van der Waals surface area (Å²) >= 11 is 0. The topological polar surface area (TPSA) is 90.0 Å². The molecule has 0 bridgehead atoms. The highest BCUT2D eigenvalue weighted by molar-refractivity contribution is 5.88. The number of likely N-dealkylation sites (tertiary alicyclic amines) is 1. The molecule has 1 aromatic carbocycles. The number of nitrogens with one attached hydrogen (secondary N) is 1. The van der Waals surface area contributed by atoms with Crippen molar-refractivity contribution in [1.29, 1.82) is 0 Å². The molecular weight excluding hydrogens is 341 g/mol. The summed E-state index contributed by atoms with van der Waals surface area (Å²) in [6.45, 7) is 2.50. The van der Waals surface area contributed by atoms with Gasteiger partial charge in [0.05, 0.1) is 12.5 Å². The van der Waals surface area contributed by atoms with E-state index in [9.17, 15) is 18.8 Å². The third-order valence-electron chi connectivity index (χ3n) is 4.60. The van der Waals surface area contributed by atoms with Crippen LogP contribution in [0.4, 0.5) is 9.18 Å².